The van der Waals surface area contributed by atoms with Crippen molar-refractivity contribution in [2.24, 2.45) is 0 Å². The monoisotopic (exact) mass is 326 g/mol. The summed E-state index contributed by atoms with van der Waals surface area (Å²) in [7, 11) is 3.70. The van der Waals surface area contributed by atoms with Crippen molar-refractivity contribution >= 4 is 21.7 Å². The van der Waals surface area contributed by atoms with E-state index in [1.165, 1.54) is 0 Å². The van der Waals surface area contributed by atoms with Gasteiger partial charge in [-0.1, -0.05) is 15.9 Å². The fourth-order valence-corrected chi connectivity index (χ4v) is 2.55. The molecule has 0 bridgehead atoms. The van der Waals surface area contributed by atoms with Gasteiger partial charge in [0.15, 0.2) is 5.78 Å². The molecular formula is C14H19BrN2O2. The van der Waals surface area contributed by atoms with Crippen molar-refractivity contribution in [3.8, 4) is 5.75 Å². The normalized spacial score (nSPS) is 17.4. The summed E-state index contributed by atoms with van der Waals surface area (Å²) in [5.41, 5.74) is 0.649. The lowest BCUT2D eigenvalue weighted by Gasteiger charge is -2.31. The number of ether oxygens (including phenoxy) is 1. The molecule has 19 heavy (non-hydrogen) atoms. The van der Waals surface area contributed by atoms with Crippen LogP contribution in [-0.4, -0.2) is 62.5 Å². The van der Waals surface area contributed by atoms with Crippen molar-refractivity contribution in [1.29, 1.82) is 0 Å². The molecule has 1 aliphatic heterocycles. The van der Waals surface area contributed by atoms with Crippen molar-refractivity contribution in [2.75, 3.05) is 46.9 Å². The number of nitrogens with zero attached hydrogens (tertiary/aromatic N) is 2. The molecule has 104 valence electrons. The molecule has 0 saturated carbocycles. The van der Waals surface area contributed by atoms with Crippen LogP contribution in [0.4, 0.5) is 0 Å². The Morgan fingerprint density at radius 2 is 2.00 bits per heavy atom. The summed E-state index contributed by atoms with van der Waals surface area (Å²) < 4.78 is 6.16. The second kappa shape index (κ2) is 6.50. The van der Waals surface area contributed by atoms with Gasteiger partial charge in [-0.2, -0.15) is 0 Å². The first-order valence-corrected chi connectivity index (χ1v) is 7.17. The van der Waals surface area contributed by atoms with E-state index in [0.717, 1.165) is 30.7 Å². The Bertz CT molecular complexity index is 457. The molecule has 4 nitrogen and oxygen atoms in total. The molecule has 1 aliphatic rings. The Kier molecular flexibility index (Phi) is 4.96. The van der Waals surface area contributed by atoms with E-state index in [1.54, 1.807) is 7.11 Å². The van der Waals surface area contributed by atoms with Gasteiger partial charge in [0.25, 0.3) is 0 Å². The molecule has 0 aliphatic carbocycles. The van der Waals surface area contributed by atoms with E-state index in [1.807, 2.05) is 18.2 Å². The van der Waals surface area contributed by atoms with Crippen LogP contribution < -0.4 is 4.74 Å². The topological polar surface area (TPSA) is 32.8 Å². The van der Waals surface area contributed by atoms with Crippen molar-refractivity contribution in [3.63, 3.8) is 0 Å². The van der Waals surface area contributed by atoms with E-state index in [0.29, 0.717) is 17.9 Å². The number of ketones is 1. The van der Waals surface area contributed by atoms with E-state index in [9.17, 15) is 4.79 Å². The van der Waals surface area contributed by atoms with Gasteiger partial charge in [-0.15, -0.1) is 0 Å². The summed E-state index contributed by atoms with van der Waals surface area (Å²) in [6.45, 7) is 4.38. The third kappa shape index (κ3) is 3.78. The molecule has 1 fully saturated rings. The minimum absolute atomic E-state index is 0.114. The van der Waals surface area contributed by atoms with Crippen molar-refractivity contribution in [3.05, 3.63) is 28.2 Å². The summed E-state index contributed by atoms with van der Waals surface area (Å²) in [5.74, 6) is 0.755. The Labute approximate surface area is 122 Å². The molecular weight excluding hydrogens is 308 g/mol. The zero-order valence-corrected chi connectivity index (χ0v) is 12.9. The second-order valence-electron chi connectivity index (χ2n) is 4.85. The van der Waals surface area contributed by atoms with Gasteiger partial charge < -0.3 is 9.64 Å². The Balaban J connectivity index is 2.05. The molecule has 1 heterocycles. The molecule has 2 rings (SSSR count). The number of rotatable bonds is 4. The number of methoxy groups -OCH3 is 1. The highest BCUT2D eigenvalue weighted by Crippen LogP contribution is 2.23. The average Bonchev–Trinajstić information content (AvgIpc) is 2.41. The molecule has 0 amide bonds. The number of hydrogen-bond donors (Lipinski definition) is 0. The van der Waals surface area contributed by atoms with Gasteiger partial charge in [0.1, 0.15) is 5.75 Å². The van der Waals surface area contributed by atoms with Crippen molar-refractivity contribution < 1.29 is 9.53 Å². The fourth-order valence-electron chi connectivity index (χ4n) is 2.19. The van der Waals surface area contributed by atoms with Crippen LogP contribution in [-0.2, 0) is 0 Å². The number of halogens is 1. The number of hydrogen-bond acceptors (Lipinski definition) is 4. The van der Waals surface area contributed by atoms with Gasteiger partial charge in [0.2, 0.25) is 0 Å². The van der Waals surface area contributed by atoms with E-state index < -0.39 is 0 Å². The Morgan fingerprint density at radius 3 is 2.63 bits per heavy atom. The fraction of sp³-hybridized carbons (Fsp3) is 0.500. The number of carbonyl (C=O) groups excluding carboxylic acids is 1. The summed E-state index contributed by atoms with van der Waals surface area (Å²) in [6, 6.07) is 5.53. The summed E-state index contributed by atoms with van der Waals surface area (Å²) >= 11 is 3.40. The second-order valence-corrected chi connectivity index (χ2v) is 5.76. The summed E-state index contributed by atoms with van der Waals surface area (Å²) in [6.07, 6.45) is 0. The van der Waals surface area contributed by atoms with Crippen molar-refractivity contribution in [1.82, 2.24) is 9.80 Å². The van der Waals surface area contributed by atoms with Crippen LogP contribution in [0.15, 0.2) is 22.7 Å². The predicted molar refractivity (Wildman–Crippen MR) is 79.0 cm³/mol. The summed E-state index contributed by atoms with van der Waals surface area (Å²) in [4.78, 5) is 16.8. The van der Waals surface area contributed by atoms with Crippen LogP contribution in [0.2, 0.25) is 0 Å². The lowest BCUT2D eigenvalue weighted by Crippen LogP contribution is -2.46. The highest BCUT2D eigenvalue weighted by atomic mass is 79.9. The first-order valence-electron chi connectivity index (χ1n) is 6.38. The van der Waals surface area contributed by atoms with E-state index in [2.05, 4.69) is 32.8 Å². The standard InChI is InChI=1S/C14H19BrN2O2/c1-16-5-7-17(8-6-16)10-13(18)12-9-11(15)3-4-14(12)19-2/h3-4,9H,5-8,10H2,1-2H3. The molecule has 0 unspecified atom stereocenters. The number of piperazine rings is 1. The molecule has 1 aromatic rings. The Morgan fingerprint density at radius 1 is 1.32 bits per heavy atom. The maximum atomic E-state index is 12.4. The summed E-state index contributed by atoms with van der Waals surface area (Å²) in [5, 5.41) is 0. The lowest BCUT2D eigenvalue weighted by molar-refractivity contribution is 0.0873. The molecule has 0 N–H and O–H groups in total. The van der Waals surface area contributed by atoms with Crippen molar-refractivity contribution in [2.45, 2.75) is 0 Å². The van der Waals surface area contributed by atoms with E-state index in [4.69, 9.17) is 4.74 Å². The number of Topliss-reactive ketones (excluding diaryl/α,β-unsaturated/α-hetero) is 1. The van der Waals surface area contributed by atoms with Gasteiger partial charge in [0.05, 0.1) is 19.2 Å². The zero-order chi connectivity index (χ0) is 13.8. The molecule has 0 radical (unpaired) electrons. The zero-order valence-electron chi connectivity index (χ0n) is 11.4. The van der Waals surface area contributed by atoms with Gasteiger partial charge in [-0.3, -0.25) is 9.69 Å². The van der Waals surface area contributed by atoms with Crippen LogP contribution in [0, 0.1) is 0 Å². The smallest absolute Gasteiger partial charge is 0.180 e. The van der Waals surface area contributed by atoms with Gasteiger partial charge in [-0.25, -0.2) is 0 Å². The lowest BCUT2D eigenvalue weighted by atomic mass is 10.1. The third-order valence-corrected chi connectivity index (χ3v) is 3.92. The van der Waals surface area contributed by atoms with Gasteiger partial charge in [0, 0.05) is 30.7 Å². The SMILES string of the molecule is COc1ccc(Br)cc1C(=O)CN1CCN(C)CC1. The molecule has 5 heteroatoms. The quantitative estimate of drug-likeness (QED) is 0.791. The molecule has 0 atom stereocenters. The molecule has 1 saturated heterocycles. The largest absolute Gasteiger partial charge is 0.496 e. The van der Waals surface area contributed by atoms with Crippen LogP contribution in [0.3, 0.4) is 0 Å². The number of likely N-dealkylation sites (N-methyl/N-ethyl adjacent to an activating group) is 1. The van der Waals surface area contributed by atoms with Gasteiger partial charge in [-0.05, 0) is 25.2 Å². The highest BCUT2D eigenvalue weighted by molar-refractivity contribution is 9.10. The predicted octanol–water partition coefficient (Wildman–Crippen LogP) is 1.89. The van der Waals surface area contributed by atoms with Crippen LogP contribution in [0.25, 0.3) is 0 Å². The number of benzene rings is 1. The minimum atomic E-state index is 0.114. The molecule has 0 aromatic heterocycles. The van der Waals surface area contributed by atoms with Crippen LogP contribution in [0.5, 0.6) is 5.75 Å². The Hall–Kier alpha value is -0.910. The van der Waals surface area contributed by atoms with Crippen LogP contribution >= 0.6 is 15.9 Å². The van der Waals surface area contributed by atoms with E-state index >= 15 is 0 Å². The molecule has 0 spiro atoms. The maximum absolute atomic E-state index is 12.4. The van der Waals surface area contributed by atoms with Gasteiger partial charge >= 0.3 is 0 Å². The third-order valence-electron chi connectivity index (χ3n) is 3.43. The highest BCUT2D eigenvalue weighted by Gasteiger charge is 2.19. The first kappa shape index (κ1) is 14.5. The van der Waals surface area contributed by atoms with E-state index in [-0.39, 0.29) is 5.78 Å². The first-order chi connectivity index (χ1) is 9.10. The van der Waals surface area contributed by atoms with Crippen LogP contribution in [0.1, 0.15) is 10.4 Å². The molecule has 1 aromatic carbocycles. The maximum Gasteiger partial charge on any atom is 0.180 e. The number of carbonyl (C=O) groups is 1. The minimum Gasteiger partial charge on any atom is -0.496 e. The average molecular weight is 327 g/mol.